The lowest BCUT2D eigenvalue weighted by atomic mass is 9.94. The number of rotatable bonds is 6. The number of carbonyl (C=O) groups is 1. The molecule has 1 aliphatic rings. The summed E-state index contributed by atoms with van der Waals surface area (Å²) in [6.07, 6.45) is 2.00. The second-order valence-electron chi connectivity index (χ2n) is 8.35. The van der Waals surface area contributed by atoms with Crippen molar-refractivity contribution in [1.29, 1.82) is 0 Å². The molecule has 1 saturated heterocycles. The summed E-state index contributed by atoms with van der Waals surface area (Å²) in [7, 11) is 0. The van der Waals surface area contributed by atoms with E-state index in [4.69, 9.17) is 16.6 Å². The number of imidazole rings is 1. The molecule has 0 atom stereocenters. The van der Waals surface area contributed by atoms with Crippen LogP contribution < -0.4 is 0 Å². The summed E-state index contributed by atoms with van der Waals surface area (Å²) in [6.45, 7) is 7.30. The number of fused-ring (bicyclic) bond motifs is 1. The van der Waals surface area contributed by atoms with E-state index in [0.29, 0.717) is 25.5 Å². The third-order valence-electron chi connectivity index (χ3n) is 5.66. The molecule has 2 aromatic heterocycles. The number of nitro groups is 1. The molecule has 0 N–H and O–H groups in total. The van der Waals surface area contributed by atoms with E-state index in [1.807, 2.05) is 30.3 Å². The Kier molecular flexibility index (Phi) is 6.00. The molecule has 8 nitrogen and oxygen atoms in total. The third-order valence-corrected chi connectivity index (χ3v) is 7.08. The molecule has 0 saturated carbocycles. The maximum Gasteiger partial charge on any atom is 0.269 e. The van der Waals surface area contributed by atoms with Gasteiger partial charge in [-0.2, -0.15) is 0 Å². The van der Waals surface area contributed by atoms with Gasteiger partial charge in [0.25, 0.3) is 5.69 Å². The molecule has 4 rings (SSSR count). The second-order valence-corrected chi connectivity index (χ2v) is 9.49. The number of alkyl halides is 1. The highest BCUT2D eigenvalue weighted by molar-refractivity contribution is 7.15. The highest BCUT2D eigenvalue weighted by atomic mass is 35.5. The quantitative estimate of drug-likeness (QED) is 0.316. The zero-order valence-corrected chi connectivity index (χ0v) is 19.0. The fourth-order valence-corrected chi connectivity index (χ4v) is 4.61. The highest BCUT2D eigenvalue weighted by Gasteiger charge is 2.33. The molecule has 0 radical (unpaired) electrons. The zero-order valence-electron chi connectivity index (χ0n) is 17.5. The van der Waals surface area contributed by atoms with Crippen LogP contribution in [0.15, 0.2) is 35.8 Å². The molecule has 1 aliphatic heterocycles. The van der Waals surface area contributed by atoms with Crippen molar-refractivity contribution in [3.8, 4) is 11.3 Å². The lowest BCUT2D eigenvalue weighted by molar-refractivity contribution is -0.384. The van der Waals surface area contributed by atoms with Gasteiger partial charge in [0.15, 0.2) is 4.96 Å². The van der Waals surface area contributed by atoms with E-state index in [9.17, 15) is 14.9 Å². The number of halogens is 1. The lowest BCUT2D eigenvalue weighted by Crippen LogP contribution is -2.52. The predicted octanol–water partition coefficient (Wildman–Crippen LogP) is 3.88. The maximum atomic E-state index is 12.7. The Labute approximate surface area is 189 Å². The molecule has 3 heterocycles. The van der Waals surface area contributed by atoms with Crippen molar-refractivity contribution in [2.24, 2.45) is 5.41 Å². The minimum Gasteiger partial charge on any atom is -0.340 e. The molecule has 3 aromatic rings. The SMILES string of the molecule is CC(C)(CCl)C(=O)N1CCN(Cc2c(-c3ccc([N+](=O)[O-])cc3)nc3sccn23)CC1. The Balaban J connectivity index is 1.53. The molecule has 0 unspecified atom stereocenters. The van der Waals surface area contributed by atoms with Gasteiger partial charge in [0, 0.05) is 67.9 Å². The highest BCUT2D eigenvalue weighted by Crippen LogP contribution is 2.29. The van der Waals surface area contributed by atoms with Crippen LogP contribution in [0.5, 0.6) is 0 Å². The third kappa shape index (κ3) is 4.30. The van der Waals surface area contributed by atoms with E-state index in [1.165, 1.54) is 12.1 Å². The summed E-state index contributed by atoms with van der Waals surface area (Å²) in [5.41, 5.74) is 2.25. The van der Waals surface area contributed by atoms with Gasteiger partial charge in [-0.25, -0.2) is 4.98 Å². The van der Waals surface area contributed by atoms with E-state index >= 15 is 0 Å². The topological polar surface area (TPSA) is 84.0 Å². The van der Waals surface area contributed by atoms with Crippen LogP contribution in [0.25, 0.3) is 16.2 Å². The molecular formula is C21H24ClN5O3S. The average molecular weight is 462 g/mol. The van der Waals surface area contributed by atoms with Crippen molar-refractivity contribution >= 4 is 39.5 Å². The summed E-state index contributed by atoms with van der Waals surface area (Å²) in [6, 6.07) is 6.52. The first-order chi connectivity index (χ1) is 14.8. The van der Waals surface area contributed by atoms with E-state index < -0.39 is 10.3 Å². The van der Waals surface area contributed by atoms with E-state index in [0.717, 1.165) is 35.0 Å². The number of non-ortho nitro benzene ring substituents is 1. The number of hydrogen-bond donors (Lipinski definition) is 0. The number of carbonyl (C=O) groups excluding carboxylic acids is 1. The molecule has 164 valence electrons. The molecule has 0 spiro atoms. The molecule has 10 heteroatoms. The summed E-state index contributed by atoms with van der Waals surface area (Å²) in [5.74, 6) is 0.398. The van der Waals surface area contributed by atoms with E-state index in [-0.39, 0.29) is 11.6 Å². The van der Waals surface area contributed by atoms with Crippen LogP contribution in [0.1, 0.15) is 19.5 Å². The van der Waals surface area contributed by atoms with Gasteiger partial charge in [-0.3, -0.25) is 24.2 Å². The van der Waals surface area contributed by atoms with Crippen LogP contribution in [0.3, 0.4) is 0 Å². The fourth-order valence-electron chi connectivity index (χ4n) is 3.76. The van der Waals surface area contributed by atoms with Gasteiger partial charge in [0.1, 0.15) is 0 Å². The molecule has 1 aromatic carbocycles. The number of piperazine rings is 1. The van der Waals surface area contributed by atoms with Crippen LogP contribution in [0.4, 0.5) is 5.69 Å². The Morgan fingerprint density at radius 3 is 2.52 bits per heavy atom. The number of nitrogens with zero attached hydrogens (tertiary/aromatic N) is 5. The van der Waals surface area contributed by atoms with Crippen LogP contribution >= 0.6 is 22.9 Å². The van der Waals surface area contributed by atoms with Gasteiger partial charge in [0.05, 0.1) is 21.7 Å². The van der Waals surface area contributed by atoms with E-state index in [1.54, 1.807) is 23.5 Å². The van der Waals surface area contributed by atoms with Gasteiger partial charge in [-0.05, 0) is 26.0 Å². The summed E-state index contributed by atoms with van der Waals surface area (Å²) < 4.78 is 2.08. The number of aromatic nitrogens is 2. The van der Waals surface area contributed by atoms with Crippen molar-refractivity contribution in [2.45, 2.75) is 20.4 Å². The van der Waals surface area contributed by atoms with Crippen LogP contribution in [0, 0.1) is 15.5 Å². The van der Waals surface area contributed by atoms with Gasteiger partial charge in [0.2, 0.25) is 5.91 Å². The summed E-state index contributed by atoms with van der Waals surface area (Å²) in [5, 5.41) is 13.0. The Morgan fingerprint density at radius 2 is 1.90 bits per heavy atom. The minimum absolute atomic E-state index is 0.0620. The van der Waals surface area contributed by atoms with Crippen LogP contribution in [0.2, 0.25) is 0 Å². The maximum absolute atomic E-state index is 12.7. The number of thiazole rings is 1. The Morgan fingerprint density at radius 1 is 1.23 bits per heavy atom. The molecule has 1 fully saturated rings. The second kappa shape index (κ2) is 8.57. The fraction of sp³-hybridized carbons (Fsp3) is 0.429. The standard InChI is InChI=1S/C21H24ClN5O3S/c1-21(2,14-22)19(28)25-9-7-24(8-10-25)13-17-18(23-20-26(17)11-12-31-20)15-3-5-16(6-4-15)27(29)30/h3-6,11-12H,7-10,13-14H2,1-2H3. The number of benzene rings is 1. The lowest BCUT2D eigenvalue weighted by Gasteiger charge is -2.38. The van der Waals surface area contributed by atoms with Crippen molar-refractivity contribution < 1.29 is 9.72 Å². The van der Waals surface area contributed by atoms with Crippen LogP contribution in [-0.4, -0.2) is 62.1 Å². The van der Waals surface area contributed by atoms with Gasteiger partial charge < -0.3 is 4.90 Å². The average Bonchev–Trinajstić information content (AvgIpc) is 3.36. The van der Waals surface area contributed by atoms with E-state index in [2.05, 4.69) is 9.30 Å². The minimum atomic E-state index is -0.554. The van der Waals surface area contributed by atoms with Gasteiger partial charge in [-0.1, -0.05) is 0 Å². The number of amides is 1. The Bertz CT molecular complexity index is 1100. The van der Waals surface area contributed by atoms with Crippen molar-refractivity contribution in [3.05, 3.63) is 51.7 Å². The largest absolute Gasteiger partial charge is 0.340 e. The van der Waals surface area contributed by atoms with Gasteiger partial charge in [-0.15, -0.1) is 22.9 Å². The summed E-state index contributed by atoms with van der Waals surface area (Å²) in [4.78, 5) is 33.1. The normalized spacial score (nSPS) is 15.5. The number of nitro benzene ring substituents is 1. The molecule has 0 bridgehead atoms. The number of hydrogen-bond acceptors (Lipinski definition) is 6. The first kappa shape index (κ1) is 21.7. The van der Waals surface area contributed by atoms with Crippen molar-refractivity contribution in [2.75, 3.05) is 32.1 Å². The molecule has 31 heavy (non-hydrogen) atoms. The molecule has 0 aliphatic carbocycles. The first-order valence-corrected chi connectivity index (χ1v) is 11.5. The van der Waals surface area contributed by atoms with Crippen molar-refractivity contribution in [3.63, 3.8) is 0 Å². The molecular weight excluding hydrogens is 438 g/mol. The van der Waals surface area contributed by atoms with Crippen molar-refractivity contribution in [1.82, 2.24) is 19.2 Å². The van der Waals surface area contributed by atoms with Crippen LogP contribution in [-0.2, 0) is 11.3 Å². The monoisotopic (exact) mass is 461 g/mol. The predicted molar refractivity (Wildman–Crippen MR) is 122 cm³/mol. The van der Waals surface area contributed by atoms with Gasteiger partial charge >= 0.3 is 0 Å². The zero-order chi connectivity index (χ0) is 22.2. The smallest absolute Gasteiger partial charge is 0.269 e. The summed E-state index contributed by atoms with van der Waals surface area (Å²) >= 11 is 7.53. The Hall–Kier alpha value is -2.49. The first-order valence-electron chi connectivity index (χ1n) is 10.1. The molecule has 1 amide bonds.